The first-order valence-electron chi connectivity index (χ1n) is 4.41. The van der Waals surface area contributed by atoms with Crippen LogP contribution < -0.4 is 5.73 Å². The lowest BCUT2D eigenvalue weighted by atomic mass is 10.1. The van der Waals surface area contributed by atoms with Gasteiger partial charge in [0.25, 0.3) is 0 Å². The molecule has 0 saturated heterocycles. The van der Waals surface area contributed by atoms with Gasteiger partial charge in [0.05, 0.1) is 11.8 Å². The van der Waals surface area contributed by atoms with E-state index in [1.165, 1.54) is 0 Å². The quantitative estimate of drug-likeness (QED) is 0.711. The van der Waals surface area contributed by atoms with E-state index in [1.54, 1.807) is 19.2 Å². The lowest BCUT2D eigenvalue weighted by Gasteiger charge is -2.08. The average molecular weight is 181 g/mol. The van der Waals surface area contributed by atoms with E-state index in [4.69, 9.17) is 5.73 Å². The summed E-state index contributed by atoms with van der Waals surface area (Å²) in [5.74, 6) is 0.685. The molecule has 4 nitrogen and oxygen atoms in total. The van der Waals surface area contributed by atoms with Gasteiger partial charge >= 0.3 is 0 Å². The van der Waals surface area contributed by atoms with Crippen LogP contribution in [-0.2, 0) is 0 Å². The van der Waals surface area contributed by atoms with Gasteiger partial charge in [-0.05, 0) is 32.4 Å². The summed E-state index contributed by atoms with van der Waals surface area (Å²) in [5.41, 5.74) is 6.02. The van der Waals surface area contributed by atoms with Crippen molar-refractivity contribution in [3.63, 3.8) is 0 Å². The first-order valence-corrected chi connectivity index (χ1v) is 4.41. The van der Waals surface area contributed by atoms with Gasteiger partial charge in [0.1, 0.15) is 5.82 Å². The number of aromatic nitrogens is 2. The van der Waals surface area contributed by atoms with E-state index in [1.807, 2.05) is 0 Å². The van der Waals surface area contributed by atoms with E-state index in [0.717, 1.165) is 6.42 Å². The molecule has 0 aromatic carbocycles. The minimum absolute atomic E-state index is 0.509. The van der Waals surface area contributed by atoms with Crippen LogP contribution in [0.25, 0.3) is 0 Å². The summed E-state index contributed by atoms with van der Waals surface area (Å²) < 4.78 is 0. The predicted octanol–water partition coefficient (Wildman–Crippen LogP) is 0.557. The number of rotatable bonds is 4. The van der Waals surface area contributed by atoms with E-state index in [2.05, 4.69) is 9.97 Å². The lowest BCUT2D eigenvalue weighted by Crippen LogP contribution is -2.06. The van der Waals surface area contributed by atoms with Crippen LogP contribution in [-0.4, -0.2) is 21.6 Å². The predicted molar refractivity (Wildman–Crippen MR) is 50.0 cm³/mol. The van der Waals surface area contributed by atoms with Crippen LogP contribution >= 0.6 is 0 Å². The Morgan fingerprint density at radius 2 is 2.38 bits per heavy atom. The summed E-state index contributed by atoms with van der Waals surface area (Å²) in [6, 6.07) is 1.73. The van der Waals surface area contributed by atoms with Crippen molar-refractivity contribution in [2.75, 3.05) is 6.54 Å². The molecule has 72 valence electrons. The zero-order valence-corrected chi connectivity index (χ0v) is 7.77. The van der Waals surface area contributed by atoms with Gasteiger partial charge in [0.15, 0.2) is 0 Å². The average Bonchev–Trinajstić information content (AvgIpc) is 2.14. The van der Waals surface area contributed by atoms with Crippen molar-refractivity contribution >= 4 is 0 Å². The fourth-order valence-corrected chi connectivity index (χ4v) is 1.12. The van der Waals surface area contributed by atoms with Gasteiger partial charge in [-0.3, -0.25) is 0 Å². The molecule has 1 rings (SSSR count). The van der Waals surface area contributed by atoms with Crippen molar-refractivity contribution in [1.82, 2.24) is 9.97 Å². The first-order chi connectivity index (χ1) is 6.24. The van der Waals surface area contributed by atoms with Gasteiger partial charge in [-0.1, -0.05) is 0 Å². The van der Waals surface area contributed by atoms with E-state index in [9.17, 15) is 5.11 Å². The summed E-state index contributed by atoms with van der Waals surface area (Å²) in [6.45, 7) is 2.40. The normalized spacial score (nSPS) is 12.8. The second-order valence-corrected chi connectivity index (χ2v) is 2.98. The van der Waals surface area contributed by atoms with Crippen molar-refractivity contribution in [3.05, 3.63) is 23.8 Å². The summed E-state index contributed by atoms with van der Waals surface area (Å²) in [5, 5.41) is 9.63. The highest BCUT2D eigenvalue weighted by atomic mass is 16.3. The third kappa shape index (κ3) is 3.08. The van der Waals surface area contributed by atoms with Crippen LogP contribution in [0.4, 0.5) is 0 Å². The molecule has 0 radical (unpaired) electrons. The number of nitrogens with zero attached hydrogens (tertiary/aromatic N) is 2. The van der Waals surface area contributed by atoms with E-state index in [-0.39, 0.29) is 0 Å². The van der Waals surface area contributed by atoms with Gasteiger partial charge in [-0.2, -0.15) is 0 Å². The molecule has 0 saturated carbocycles. The molecule has 0 fully saturated rings. The van der Waals surface area contributed by atoms with Crippen LogP contribution in [0.3, 0.4) is 0 Å². The Balaban J connectivity index is 2.60. The zero-order chi connectivity index (χ0) is 9.68. The minimum Gasteiger partial charge on any atom is -0.387 e. The van der Waals surface area contributed by atoms with Crippen molar-refractivity contribution in [2.24, 2.45) is 5.73 Å². The maximum atomic E-state index is 9.63. The fraction of sp³-hybridized carbons (Fsp3) is 0.556. The molecule has 4 heteroatoms. The third-order valence-electron chi connectivity index (χ3n) is 1.82. The molecule has 1 heterocycles. The number of hydrogen-bond acceptors (Lipinski definition) is 4. The lowest BCUT2D eigenvalue weighted by molar-refractivity contribution is 0.160. The summed E-state index contributed by atoms with van der Waals surface area (Å²) in [4.78, 5) is 8.08. The molecule has 0 spiro atoms. The van der Waals surface area contributed by atoms with Crippen LogP contribution in [0.15, 0.2) is 12.3 Å². The monoisotopic (exact) mass is 181 g/mol. The molecular weight excluding hydrogens is 166 g/mol. The second-order valence-electron chi connectivity index (χ2n) is 2.98. The van der Waals surface area contributed by atoms with Gasteiger partial charge in [0, 0.05) is 6.20 Å². The SMILES string of the molecule is Cc1nccc(C(O)CCCN)n1. The van der Waals surface area contributed by atoms with Crippen molar-refractivity contribution in [3.8, 4) is 0 Å². The molecule has 1 unspecified atom stereocenters. The summed E-state index contributed by atoms with van der Waals surface area (Å²) in [7, 11) is 0. The highest BCUT2D eigenvalue weighted by Crippen LogP contribution is 2.14. The third-order valence-corrected chi connectivity index (χ3v) is 1.82. The summed E-state index contributed by atoms with van der Waals surface area (Å²) in [6.07, 6.45) is 2.62. The van der Waals surface area contributed by atoms with Crippen LogP contribution in [0.1, 0.15) is 30.5 Å². The number of nitrogens with two attached hydrogens (primary N) is 1. The van der Waals surface area contributed by atoms with Crippen LogP contribution in [0, 0.1) is 6.92 Å². The number of aliphatic hydroxyl groups is 1. The maximum Gasteiger partial charge on any atom is 0.125 e. The molecule has 0 bridgehead atoms. The molecule has 0 aliphatic rings. The number of hydrogen-bond donors (Lipinski definition) is 2. The van der Waals surface area contributed by atoms with E-state index >= 15 is 0 Å². The maximum absolute atomic E-state index is 9.63. The molecule has 0 aliphatic heterocycles. The topological polar surface area (TPSA) is 72.0 Å². The fourth-order valence-electron chi connectivity index (χ4n) is 1.12. The first kappa shape index (κ1) is 10.1. The smallest absolute Gasteiger partial charge is 0.125 e. The van der Waals surface area contributed by atoms with Gasteiger partial charge in [0.2, 0.25) is 0 Å². The van der Waals surface area contributed by atoms with Crippen LogP contribution in [0.2, 0.25) is 0 Å². The van der Waals surface area contributed by atoms with Crippen molar-refractivity contribution in [2.45, 2.75) is 25.9 Å². The highest BCUT2D eigenvalue weighted by Gasteiger charge is 2.07. The standard InChI is InChI=1S/C9H15N3O/c1-7-11-6-4-8(12-7)9(13)3-2-5-10/h4,6,9,13H,2-3,5,10H2,1H3. The zero-order valence-electron chi connectivity index (χ0n) is 7.77. The molecular formula is C9H15N3O. The van der Waals surface area contributed by atoms with Crippen molar-refractivity contribution < 1.29 is 5.11 Å². The Morgan fingerprint density at radius 3 is 3.00 bits per heavy atom. The van der Waals surface area contributed by atoms with Gasteiger partial charge in [-0.25, -0.2) is 9.97 Å². The second kappa shape index (κ2) is 4.89. The number of aryl methyl sites for hydroxylation is 1. The Bertz CT molecular complexity index is 265. The number of aliphatic hydroxyl groups excluding tert-OH is 1. The Labute approximate surface area is 77.8 Å². The van der Waals surface area contributed by atoms with E-state index < -0.39 is 6.10 Å². The highest BCUT2D eigenvalue weighted by molar-refractivity contribution is 5.04. The molecule has 1 aromatic heterocycles. The molecule has 13 heavy (non-hydrogen) atoms. The van der Waals surface area contributed by atoms with Gasteiger partial charge < -0.3 is 10.8 Å². The molecule has 1 aromatic rings. The molecule has 0 aliphatic carbocycles. The summed E-state index contributed by atoms with van der Waals surface area (Å²) >= 11 is 0. The van der Waals surface area contributed by atoms with Crippen LogP contribution in [0.5, 0.6) is 0 Å². The largest absolute Gasteiger partial charge is 0.387 e. The molecule has 3 N–H and O–H groups in total. The minimum atomic E-state index is -0.509. The van der Waals surface area contributed by atoms with E-state index in [0.29, 0.717) is 24.5 Å². The molecule has 0 amide bonds. The molecule has 1 atom stereocenters. The van der Waals surface area contributed by atoms with Crippen molar-refractivity contribution in [1.29, 1.82) is 0 Å². The Kier molecular flexibility index (Phi) is 3.79. The Hall–Kier alpha value is -1.00. The van der Waals surface area contributed by atoms with Gasteiger partial charge in [-0.15, -0.1) is 0 Å². The Morgan fingerprint density at radius 1 is 1.62 bits per heavy atom.